The standard InChI is InChI=1S/C28H20N2O5S/c31-27-26(36-28(32)29(27)17-23-10-3-5-11-24(23)30(33)34)16-22-9-4-6-12-25(22)35-18-19-13-14-20-7-1-2-8-21(20)15-19/h1-16H,17-18H2/b26-16-. The predicted octanol–water partition coefficient (Wildman–Crippen LogP) is 6.56. The number of hydrogen-bond donors (Lipinski definition) is 0. The predicted molar refractivity (Wildman–Crippen MR) is 139 cm³/mol. The second-order valence-electron chi connectivity index (χ2n) is 8.16. The Hall–Kier alpha value is -4.43. The summed E-state index contributed by atoms with van der Waals surface area (Å²) in [6, 6.07) is 27.6. The van der Waals surface area contributed by atoms with Gasteiger partial charge in [-0.05, 0) is 46.3 Å². The number of fused-ring (bicyclic) bond motifs is 1. The van der Waals surface area contributed by atoms with Gasteiger partial charge in [0, 0.05) is 17.2 Å². The van der Waals surface area contributed by atoms with Crippen molar-refractivity contribution in [1.82, 2.24) is 4.90 Å². The second-order valence-corrected chi connectivity index (χ2v) is 9.15. The molecule has 36 heavy (non-hydrogen) atoms. The Balaban J connectivity index is 1.35. The first-order chi connectivity index (χ1) is 17.5. The molecule has 0 aliphatic carbocycles. The molecule has 1 aliphatic rings. The highest BCUT2D eigenvalue weighted by molar-refractivity contribution is 8.18. The summed E-state index contributed by atoms with van der Waals surface area (Å²) in [6.07, 6.45) is 1.63. The van der Waals surface area contributed by atoms with Crippen LogP contribution in [0.1, 0.15) is 16.7 Å². The Morgan fingerprint density at radius 3 is 2.44 bits per heavy atom. The summed E-state index contributed by atoms with van der Waals surface area (Å²) < 4.78 is 6.07. The number of carbonyl (C=O) groups is 2. The van der Waals surface area contributed by atoms with E-state index in [2.05, 4.69) is 12.1 Å². The average Bonchev–Trinajstić information content (AvgIpc) is 3.15. The fourth-order valence-electron chi connectivity index (χ4n) is 3.99. The minimum Gasteiger partial charge on any atom is -0.488 e. The summed E-state index contributed by atoms with van der Waals surface area (Å²) in [7, 11) is 0. The van der Waals surface area contributed by atoms with Crippen molar-refractivity contribution in [3.8, 4) is 5.75 Å². The molecule has 2 amide bonds. The van der Waals surface area contributed by atoms with Crippen molar-refractivity contribution >= 4 is 45.4 Å². The van der Waals surface area contributed by atoms with E-state index in [1.165, 1.54) is 6.07 Å². The first-order valence-corrected chi connectivity index (χ1v) is 12.0. The van der Waals surface area contributed by atoms with Crippen molar-refractivity contribution < 1.29 is 19.2 Å². The summed E-state index contributed by atoms with van der Waals surface area (Å²) in [5, 5.41) is 13.1. The van der Waals surface area contributed by atoms with Crippen LogP contribution in [0.15, 0.2) is 95.9 Å². The van der Waals surface area contributed by atoms with E-state index in [-0.39, 0.29) is 17.1 Å². The third-order valence-electron chi connectivity index (χ3n) is 5.80. The highest BCUT2D eigenvalue weighted by Crippen LogP contribution is 2.36. The van der Waals surface area contributed by atoms with E-state index in [1.54, 1.807) is 24.3 Å². The lowest BCUT2D eigenvalue weighted by Gasteiger charge is -2.12. The van der Waals surface area contributed by atoms with Gasteiger partial charge in [-0.25, -0.2) is 0 Å². The van der Waals surface area contributed by atoms with Crippen molar-refractivity contribution in [3.05, 3.63) is 123 Å². The smallest absolute Gasteiger partial charge is 0.293 e. The molecule has 1 fully saturated rings. The Morgan fingerprint density at radius 2 is 1.61 bits per heavy atom. The lowest BCUT2D eigenvalue weighted by molar-refractivity contribution is -0.385. The molecule has 0 atom stereocenters. The minimum atomic E-state index is -0.520. The number of rotatable bonds is 7. The number of imide groups is 1. The number of amides is 2. The van der Waals surface area contributed by atoms with Crippen LogP contribution >= 0.6 is 11.8 Å². The number of nitro groups is 1. The molecule has 0 spiro atoms. The largest absolute Gasteiger partial charge is 0.488 e. The van der Waals surface area contributed by atoms with E-state index in [4.69, 9.17) is 4.74 Å². The van der Waals surface area contributed by atoms with Crippen LogP contribution in [-0.2, 0) is 17.9 Å². The summed E-state index contributed by atoms with van der Waals surface area (Å²) in [5.74, 6) is 0.0867. The number of nitrogens with zero attached hydrogens (tertiary/aromatic N) is 2. The number of carbonyl (C=O) groups excluding carboxylic acids is 2. The van der Waals surface area contributed by atoms with Gasteiger partial charge in [0.1, 0.15) is 12.4 Å². The SMILES string of the molecule is O=C1S/C(=C\c2ccccc2OCc2ccc3ccccc3c2)C(=O)N1Cc1ccccc1[N+](=O)[O-]. The molecule has 8 heteroatoms. The van der Waals surface area contributed by atoms with E-state index in [1.807, 2.05) is 54.6 Å². The van der Waals surface area contributed by atoms with Crippen molar-refractivity contribution in [2.45, 2.75) is 13.2 Å². The molecule has 178 valence electrons. The molecule has 1 saturated heterocycles. The first-order valence-electron chi connectivity index (χ1n) is 11.2. The molecular weight excluding hydrogens is 476 g/mol. The fraction of sp³-hybridized carbons (Fsp3) is 0.0714. The van der Waals surface area contributed by atoms with Crippen molar-refractivity contribution in [2.24, 2.45) is 0 Å². The molecule has 7 nitrogen and oxygen atoms in total. The van der Waals surface area contributed by atoms with E-state index < -0.39 is 16.1 Å². The van der Waals surface area contributed by atoms with E-state index in [9.17, 15) is 19.7 Å². The summed E-state index contributed by atoms with van der Waals surface area (Å²) >= 11 is 0.808. The number of hydrogen-bond acceptors (Lipinski definition) is 6. The van der Waals surface area contributed by atoms with Gasteiger partial charge in [0.25, 0.3) is 16.8 Å². The van der Waals surface area contributed by atoms with Crippen LogP contribution in [0.4, 0.5) is 10.5 Å². The first kappa shape index (κ1) is 23.3. The van der Waals surface area contributed by atoms with Crippen molar-refractivity contribution in [2.75, 3.05) is 0 Å². The normalized spacial score (nSPS) is 14.6. The van der Waals surface area contributed by atoms with Gasteiger partial charge in [-0.2, -0.15) is 0 Å². The molecule has 0 saturated carbocycles. The van der Waals surface area contributed by atoms with E-state index >= 15 is 0 Å². The highest BCUT2D eigenvalue weighted by Gasteiger charge is 2.36. The zero-order chi connectivity index (χ0) is 25.1. The topological polar surface area (TPSA) is 89.8 Å². The Labute approximate surface area is 211 Å². The van der Waals surface area contributed by atoms with Gasteiger partial charge in [-0.1, -0.05) is 72.8 Å². The Morgan fingerprint density at radius 1 is 0.889 bits per heavy atom. The molecule has 1 aliphatic heterocycles. The van der Waals surface area contributed by atoms with Crippen LogP contribution in [-0.4, -0.2) is 21.0 Å². The maximum atomic E-state index is 13.0. The van der Waals surface area contributed by atoms with Gasteiger partial charge >= 0.3 is 0 Å². The second kappa shape index (κ2) is 10.1. The Bertz CT molecular complexity index is 1530. The monoisotopic (exact) mass is 496 g/mol. The number of para-hydroxylation sites is 2. The molecule has 5 rings (SSSR count). The molecule has 0 N–H and O–H groups in total. The van der Waals surface area contributed by atoms with Crippen molar-refractivity contribution in [3.63, 3.8) is 0 Å². The highest BCUT2D eigenvalue weighted by atomic mass is 32.2. The number of nitro benzene ring substituents is 1. The third-order valence-corrected chi connectivity index (χ3v) is 6.71. The van der Waals surface area contributed by atoms with Crippen LogP contribution in [0.25, 0.3) is 16.8 Å². The minimum absolute atomic E-state index is 0.132. The van der Waals surface area contributed by atoms with Crippen LogP contribution in [0.3, 0.4) is 0 Å². The van der Waals surface area contributed by atoms with Gasteiger partial charge in [0.15, 0.2) is 0 Å². The van der Waals surface area contributed by atoms with Crippen LogP contribution in [0.5, 0.6) is 5.75 Å². The van der Waals surface area contributed by atoms with Crippen molar-refractivity contribution in [1.29, 1.82) is 0 Å². The summed E-state index contributed by atoms with van der Waals surface area (Å²) in [5.41, 5.74) is 1.83. The van der Waals surface area contributed by atoms with Crippen LogP contribution in [0.2, 0.25) is 0 Å². The summed E-state index contributed by atoms with van der Waals surface area (Å²) in [4.78, 5) is 37.7. The quantitative estimate of drug-likeness (QED) is 0.163. The number of benzene rings is 4. The van der Waals surface area contributed by atoms with Gasteiger partial charge in [-0.3, -0.25) is 24.6 Å². The third kappa shape index (κ3) is 4.85. The maximum Gasteiger partial charge on any atom is 0.293 e. The van der Waals surface area contributed by atoms with Gasteiger partial charge in [0.05, 0.1) is 16.4 Å². The molecule has 0 radical (unpaired) electrons. The fourth-order valence-corrected chi connectivity index (χ4v) is 4.82. The lowest BCUT2D eigenvalue weighted by atomic mass is 10.1. The number of ether oxygens (including phenoxy) is 1. The molecule has 0 unspecified atom stereocenters. The van der Waals surface area contributed by atoms with Gasteiger partial charge in [-0.15, -0.1) is 0 Å². The molecular formula is C28H20N2O5S. The van der Waals surface area contributed by atoms with Crippen LogP contribution in [0, 0.1) is 10.1 Å². The lowest BCUT2D eigenvalue weighted by Crippen LogP contribution is -2.27. The molecule has 1 heterocycles. The maximum absolute atomic E-state index is 13.0. The summed E-state index contributed by atoms with van der Waals surface area (Å²) in [6.45, 7) is 0.175. The molecule has 4 aromatic carbocycles. The molecule has 4 aromatic rings. The Kier molecular flexibility index (Phi) is 6.51. The zero-order valence-corrected chi connectivity index (χ0v) is 19.8. The molecule has 0 bridgehead atoms. The van der Waals surface area contributed by atoms with E-state index in [0.29, 0.717) is 23.5 Å². The number of thioether (sulfide) groups is 1. The molecule has 0 aromatic heterocycles. The van der Waals surface area contributed by atoms with E-state index in [0.717, 1.165) is 33.0 Å². The van der Waals surface area contributed by atoms with Gasteiger partial charge in [0.2, 0.25) is 0 Å². The van der Waals surface area contributed by atoms with Crippen LogP contribution < -0.4 is 4.74 Å². The average molecular weight is 497 g/mol. The zero-order valence-electron chi connectivity index (χ0n) is 19.0. The van der Waals surface area contributed by atoms with Gasteiger partial charge < -0.3 is 4.74 Å².